The summed E-state index contributed by atoms with van der Waals surface area (Å²) in [4.78, 5) is 17.1. The molecule has 1 heterocycles. The fourth-order valence-electron chi connectivity index (χ4n) is 1.49. The van der Waals surface area contributed by atoms with Gasteiger partial charge in [-0.25, -0.2) is 9.79 Å². The van der Waals surface area contributed by atoms with Crippen LogP contribution in [0.1, 0.15) is 11.8 Å². The SMILES string of the molecule is CCOC(=O)C(=Nc1cccc(Cl)c1)c1cccs1. The predicted molar refractivity (Wildman–Crippen MR) is 78.6 cm³/mol. The summed E-state index contributed by atoms with van der Waals surface area (Å²) in [6.07, 6.45) is 0. The largest absolute Gasteiger partial charge is 0.461 e. The maximum absolute atomic E-state index is 12.0. The number of carbonyl (C=O) groups is 1. The summed E-state index contributed by atoms with van der Waals surface area (Å²) in [5.41, 5.74) is 0.933. The molecule has 0 aliphatic carbocycles. The molecule has 5 heteroatoms. The van der Waals surface area contributed by atoms with E-state index in [4.69, 9.17) is 16.3 Å². The lowest BCUT2D eigenvalue weighted by Crippen LogP contribution is -2.17. The number of thiophene rings is 1. The highest BCUT2D eigenvalue weighted by Crippen LogP contribution is 2.21. The monoisotopic (exact) mass is 293 g/mol. The van der Waals surface area contributed by atoms with Gasteiger partial charge >= 0.3 is 5.97 Å². The van der Waals surface area contributed by atoms with Crippen molar-refractivity contribution in [1.82, 2.24) is 0 Å². The molecule has 0 saturated carbocycles. The van der Waals surface area contributed by atoms with Crippen LogP contribution in [0.5, 0.6) is 0 Å². The van der Waals surface area contributed by atoms with E-state index in [1.807, 2.05) is 17.5 Å². The van der Waals surface area contributed by atoms with Crippen molar-refractivity contribution in [2.24, 2.45) is 4.99 Å². The molecule has 0 atom stereocenters. The van der Waals surface area contributed by atoms with Crippen molar-refractivity contribution in [3.63, 3.8) is 0 Å². The molecule has 0 radical (unpaired) electrons. The average molecular weight is 294 g/mol. The van der Waals surface area contributed by atoms with Gasteiger partial charge in [-0.1, -0.05) is 23.7 Å². The number of hydrogen-bond acceptors (Lipinski definition) is 4. The number of nitrogens with zero attached hydrogens (tertiary/aromatic N) is 1. The third kappa shape index (κ3) is 3.66. The van der Waals surface area contributed by atoms with Gasteiger partial charge in [0.05, 0.1) is 17.2 Å². The van der Waals surface area contributed by atoms with Gasteiger partial charge < -0.3 is 4.74 Å². The van der Waals surface area contributed by atoms with E-state index < -0.39 is 5.97 Å². The quantitative estimate of drug-likeness (QED) is 0.629. The second-order valence-corrected chi connectivity index (χ2v) is 5.02. The van der Waals surface area contributed by atoms with E-state index >= 15 is 0 Å². The standard InChI is InChI=1S/C14H12ClNO2S/c1-2-18-14(17)13(12-7-4-8-19-12)16-11-6-3-5-10(15)9-11/h3-9H,2H2,1H3. The van der Waals surface area contributed by atoms with Crippen LogP contribution in [-0.2, 0) is 9.53 Å². The Hall–Kier alpha value is -1.65. The Bertz CT molecular complexity index is 593. The van der Waals surface area contributed by atoms with Crippen molar-refractivity contribution < 1.29 is 9.53 Å². The van der Waals surface area contributed by atoms with Crippen molar-refractivity contribution in [3.8, 4) is 0 Å². The molecule has 0 N–H and O–H groups in total. The van der Waals surface area contributed by atoms with Crippen LogP contribution in [0.25, 0.3) is 0 Å². The van der Waals surface area contributed by atoms with E-state index in [1.54, 1.807) is 31.2 Å². The van der Waals surface area contributed by atoms with Crippen LogP contribution in [0.4, 0.5) is 5.69 Å². The first-order valence-electron chi connectivity index (χ1n) is 5.76. The van der Waals surface area contributed by atoms with E-state index in [1.165, 1.54) is 11.3 Å². The molecule has 3 nitrogen and oxygen atoms in total. The third-order valence-corrected chi connectivity index (χ3v) is 3.38. The lowest BCUT2D eigenvalue weighted by Gasteiger charge is -2.04. The highest BCUT2D eigenvalue weighted by molar-refractivity contribution is 7.13. The van der Waals surface area contributed by atoms with Crippen LogP contribution < -0.4 is 0 Å². The number of halogens is 1. The van der Waals surface area contributed by atoms with Crippen LogP contribution in [0.3, 0.4) is 0 Å². The van der Waals surface area contributed by atoms with Crippen molar-refractivity contribution in [2.75, 3.05) is 6.61 Å². The van der Waals surface area contributed by atoms with E-state index in [-0.39, 0.29) is 0 Å². The molecule has 1 aromatic heterocycles. The Labute approximate surface area is 120 Å². The number of benzene rings is 1. The maximum Gasteiger partial charge on any atom is 0.358 e. The molecule has 19 heavy (non-hydrogen) atoms. The molecule has 0 aliphatic rings. The Morgan fingerprint density at radius 1 is 1.37 bits per heavy atom. The lowest BCUT2D eigenvalue weighted by atomic mass is 10.2. The molecule has 0 saturated heterocycles. The van der Waals surface area contributed by atoms with Crippen molar-refractivity contribution in [2.45, 2.75) is 6.92 Å². The van der Waals surface area contributed by atoms with E-state index in [0.717, 1.165) is 4.88 Å². The molecular formula is C14H12ClNO2S. The second kappa shape index (κ2) is 6.50. The van der Waals surface area contributed by atoms with Gasteiger partial charge in [0.15, 0.2) is 5.71 Å². The van der Waals surface area contributed by atoms with Gasteiger partial charge in [-0.2, -0.15) is 0 Å². The minimum atomic E-state index is -0.426. The molecular weight excluding hydrogens is 282 g/mol. The van der Waals surface area contributed by atoms with Crippen molar-refractivity contribution >= 4 is 40.3 Å². The van der Waals surface area contributed by atoms with Gasteiger partial charge in [0.2, 0.25) is 0 Å². The minimum absolute atomic E-state index is 0.305. The minimum Gasteiger partial charge on any atom is -0.461 e. The van der Waals surface area contributed by atoms with Gasteiger partial charge in [-0.3, -0.25) is 0 Å². The summed E-state index contributed by atoms with van der Waals surface area (Å²) in [7, 11) is 0. The summed E-state index contributed by atoms with van der Waals surface area (Å²) in [6, 6.07) is 10.7. The van der Waals surface area contributed by atoms with E-state index in [9.17, 15) is 4.79 Å². The maximum atomic E-state index is 12.0. The molecule has 2 aromatic rings. The van der Waals surface area contributed by atoms with Crippen LogP contribution >= 0.6 is 22.9 Å². The predicted octanol–water partition coefficient (Wildman–Crippen LogP) is 4.09. The fraction of sp³-hybridized carbons (Fsp3) is 0.143. The lowest BCUT2D eigenvalue weighted by molar-refractivity contribution is -0.134. The van der Waals surface area contributed by atoms with E-state index in [0.29, 0.717) is 23.0 Å². The first-order chi connectivity index (χ1) is 9.20. The van der Waals surface area contributed by atoms with Gasteiger partial charge in [-0.15, -0.1) is 11.3 Å². The average Bonchev–Trinajstić information content (AvgIpc) is 2.90. The summed E-state index contributed by atoms with van der Waals surface area (Å²) in [6.45, 7) is 2.09. The Morgan fingerprint density at radius 3 is 2.84 bits per heavy atom. The number of ether oxygens (including phenoxy) is 1. The zero-order valence-corrected chi connectivity index (χ0v) is 11.9. The molecule has 2 rings (SSSR count). The summed E-state index contributed by atoms with van der Waals surface area (Å²) >= 11 is 7.36. The number of carbonyl (C=O) groups excluding carboxylic acids is 1. The van der Waals surface area contributed by atoms with Crippen LogP contribution in [0.15, 0.2) is 46.8 Å². The van der Waals surface area contributed by atoms with E-state index in [2.05, 4.69) is 4.99 Å². The number of hydrogen-bond donors (Lipinski definition) is 0. The molecule has 0 aliphatic heterocycles. The first-order valence-corrected chi connectivity index (χ1v) is 7.01. The Balaban J connectivity index is 2.40. The van der Waals surface area contributed by atoms with Crippen molar-refractivity contribution in [1.29, 1.82) is 0 Å². The number of aliphatic imine (C=N–C) groups is 1. The third-order valence-electron chi connectivity index (χ3n) is 2.27. The Kier molecular flexibility index (Phi) is 4.71. The molecule has 0 amide bonds. The van der Waals surface area contributed by atoms with Crippen LogP contribution in [0.2, 0.25) is 5.02 Å². The Morgan fingerprint density at radius 2 is 2.21 bits per heavy atom. The molecule has 0 unspecified atom stereocenters. The topological polar surface area (TPSA) is 38.7 Å². The second-order valence-electron chi connectivity index (χ2n) is 3.64. The zero-order chi connectivity index (χ0) is 13.7. The highest BCUT2D eigenvalue weighted by Gasteiger charge is 2.16. The summed E-state index contributed by atoms with van der Waals surface area (Å²) < 4.78 is 5.03. The molecule has 1 aromatic carbocycles. The van der Waals surface area contributed by atoms with Crippen LogP contribution in [-0.4, -0.2) is 18.3 Å². The summed E-state index contributed by atoms with van der Waals surface area (Å²) in [5, 5.41) is 2.47. The molecule has 0 fully saturated rings. The molecule has 98 valence electrons. The number of esters is 1. The first kappa shape index (κ1) is 13.8. The number of rotatable bonds is 4. The zero-order valence-electron chi connectivity index (χ0n) is 10.3. The highest BCUT2D eigenvalue weighted by atomic mass is 35.5. The smallest absolute Gasteiger partial charge is 0.358 e. The molecule has 0 bridgehead atoms. The molecule has 0 spiro atoms. The van der Waals surface area contributed by atoms with Gasteiger partial charge in [0.25, 0.3) is 0 Å². The van der Waals surface area contributed by atoms with Crippen molar-refractivity contribution in [3.05, 3.63) is 51.7 Å². The normalized spacial score (nSPS) is 11.4. The van der Waals surface area contributed by atoms with Gasteiger partial charge in [0, 0.05) is 5.02 Å². The van der Waals surface area contributed by atoms with Crippen LogP contribution in [0, 0.1) is 0 Å². The summed E-state index contributed by atoms with van der Waals surface area (Å²) in [5.74, 6) is -0.426. The van der Waals surface area contributed by atoms with Gasteiger partial charge in [-0.05, 0) is 36.6 Å². The fourth-order valence-corrected chi connectivity index (χ4v) is 2.37. The van der Waals surface area contributed by atoms with Gasteiger partial charge in [0.1, 0.15) is 0 Å².